The average Bonchev–Trinajstić information content (AvgIpc) is 3.46. The van der Waals surface area contributed by atoms with Gasteiger partial charge in [-0.1, -0.05) is 68.3 Å². The highest BCUT2D eigenvalue weighted by Crippen LogP contribution is 2.46. The maximum Gasteiger partial charge on any atom is 0.412 e. The van der Waals surface area contributed by atoms with Gasteiger partial charge < -0.3 is 19.7 Å². The molecule has 3 heterocycles. The number of carbonyl (C=O) groups is 4. The number of hydrogen-bond donors (Lipinski definition) is 3. The Labute approximate surface area is 322 Å². The maximum atomic E-state index is 14.2. The number of allylic oxidation sites excluding steroid dienone is 1. The van der Waals surface area contributed by atoms with Crippen LogP contribution in [0.3, 0.4) is 0 Å². The Morgan fingerprint density at radius 3 is 2.56 bits per heavy atom. The second-order valence-corrected chi connectivity index (χ2v) is 17.0. The first-order valence-electron chi connectivity index (χ1n) is 18.9. The van der Waals surface area contributed by atoms with Crippen LogP contribution in [0.1, 0.15) is 77.3 Å². The number of benzene rings is 2. The molecule has 2 fully saturated rings. The zero-order chi connectivity index (χ0) is 39.5. The molecule has 2 aliphatic heterocycles. The number of hydrogen-bond acceptors (Lipinski definition) is 9. The molecule has 6 rings (SSSR count). The highest BCUT2D eigenvalue weighted by molar-refractivity contribution is 7.87. The number of para-hydroxylation sites is 1. The summed E-state index contributed by atoms with van der Waals surface area (Å²) in [7, 11) is -1.52. The summed E-state index contributed by atoms with van der Waals surface area (Å²) in [6, 6.07) is 13.9. The number of imidazole rings is 1. The lowest BCUT2D eigenvalue weighted by molar-refractivity contribution is -0.142. The van der Waals surface area contributed by atoms with Crippen molar-refractivity contribution in [3.8, 4) is 6.01 Å². The van der Waals surface area contributed by atoms with Crippen molar-refractivity contribution in [2.45, 2.75) is 96.1 Å². The number of carbonyl (C=O) groups excluding carboxylic acids is 4. The first-order chi connectivity index (χ1) is 26.2. The number of anilines is 1. The molecule has 296 valence electrons. The minimum atomic E-state index is -4.13. The second-order valence-electron chi connectivity index (χ2n) is 15.2. The van der Waals surface area contributed by atoms with Gasteiger partial charge in [0.25, 0.3) is 11.9 Å². The van der Waals surface area contributed by atoms with Crippen molar-refractivity contribution in [2.24, 2.45) is 11.8 Å². The van der Waals surface area contributed by atoms with Crippen LogP contribution in [0.25, 0.3) is 11.0 Å². The molecule has 2 aromatic carbocycles. The smallest absolute Gasteiger partial charge is 0.412 e. The highest BCUT2D eigenvalue weighted by Gasteiger charge is 2.61. The Morgan fingerprint density at radius 2 is 1.84 bits per heavy atom. The first-order valence-corrected chi connectivity index (χ1v) is 20.3. The molecule has 3 N–H and O–H groups in total. The molecule has 0 unspecified atom stereocenters. The number of fused-ring (bicyclic) bond motifs is 3. The lowest BCUT2D eigenvalue weighted by atomic mass is 10.0. The SMILES string of the molecule is CC(C)n1c(O[C@@H]2C[C@H]3C(=O)N[C@]4(C(=O)NS(=O)(=O)N(C)C)C[C@@H]4/C=C\CCCCC[C@H](C)C(=O)N3C2)nc2c(NC(=O)OCc3ccccc3)cccc21. The molecule has 0 radical (unpaired) electrons. The minimum Gasteiger partial charge on any atom is -0.459 e. The summed E-state index contributed by atoms with van der Waals surface area (Å²) >= 11 is 0. The second kappa shape index (κ2) is 16.4. The molecule has 1 saturated heterocycles. The van der Waals surface area contributed by atoms with Crippen LogP contribution in [0, 0.1) is 11.8 Å². The lowest BCUT2D eigenvalue weighted by Crippen LogP contribution is -2.57. The number of rotatable bonds is 9. The van der Waals surface area contributed by atoms with Gasteiger partial charge in [-0.15, -0.1) is 0 Å². The summed E-state index contributed by atoms with van der Waals surface area (Å²) in [5, 5.41) is 5.68. The fraction of sp³-hybridized carbons (Fsp3) is 0.513. The van der Waals surface area contributed by atoms with Crippen molar-refractivity contribution < 1.29 is 37.1 Å². The molecule has 1 aliphatic carbocycles. The maximum absolute atomic E-state index is 14.2. The fourth-order valence-electron chi connectivity index (χ4n) is 7.31. The Balaban J connectivity index is 1.26. The lowest BCUT2D eigenvalue weighted by Gasteiger charge is -2.28. The molecule has 0 spiro atoms. The van der Waals surface area contributed by atoms with Crippen LogP contribution in [-0.4, -0.2) is 89.3 Å². The largest absolute Gasteiger partial charge is 0.459 e. The number of aromatic nitrogens is 2. The van der Waals surface area contributed by atoms with E-state index in [0.717, 1.165) is 35.6 Å². The van der Waals surface area contributed by atoms with Crippen molar-refractivity contribution in [3.05, 3.63) is 66.2 Å². The van der Waals surface area contributed by atoms with E-state index < -0.39 is 51.7 Å². The quantitative estimate of drug-likeness (QED) is 0.260. The van der Waals surface area contributed by atoms with Gasteiger partial charge in [-0.25, -0.2) is 9.52 Å². The van der Waals surface area contributed by atoms with Crippen LogP contribution in [-0.2, 0) is 35.9 Å². The normalized spacial score (nSPS) is 25.3. The standard InChI is InChI=1S/C39H51N7O8S/c1-25(2)46-31-20-14-19-30(40-38(50)53-24-27-16-11-9-12-17-27)33(31)41-37(46)54-29-21-32-34(47)42-39(36(49)43-55(51,52)44(4)5)22-28(39)18-13-8-6-7-10-15-26(3)35(48)45(32)23-29/h9,11-14,16-20,25-26,28-29,32H,6-8,10,15,21-24H2,1-5H3,(H,40,50)(H,42,47)(H,43,49)/b18-13-/t26-,28-,29+,32-,39+/m0/s1. The Morgan fingerprint density at radius 1 is 1.07 bits per heavy atom. The zero-order valence-electron chi connectivity index (χ0n) is 32.0. The molecule has 1 saturated carbocycles. The minimum absolute atomic E-state index is 0.0943. The average molecular weight is 778 g/mol. The van der Waals surface area contributed by atoms with Gasteiger partial charge in [0, 0.05) is 38.4 Å². The van der Waals surface area contributed by atoms with Crippen LogP contribution >= 0.6 is 0 Å². The Kier molecular flexibility index (Phi) is 11.9. The first kappa shape index (κ1) is 39.7. The van der Waals surface area contributed by atoms with E-state index in [2.05, 4.69) is 15.4 Å². The zero-order valence-corrected chi connectivity index (χ0v) is 32.8. The molecule has 15 nitrogen and oxygen atoms in total. The number of nitrogens with zero attached hydrogens (tertiary/aromatic N) is 4. The van der Waals surface area contributed by atoms with Gasteiger partial charge >= 0.3 is 16.3 Å². The van der Waals surface area contributed by atoms with Crippen LogP contribution in [0.4, 0.5) is 10.5 Å². The predicted molar refractivity (Wildman–Crippen MR) is 206 cm³/mol. The third kappa shape index (κ3) is 8.80. The van der Waals surface area contributed by atoms with Gasteiger partial charge in [0.15, 0.2) is 0 Å². The van der Waals surface area contributed by atoms with Crippen LogP contribution in [0.15, 0.2) is 60.7 Å². The molecule has 5 atom stereocenters. The summed E-state index contributed by atoms with van der Waals surface area (Å²) in [5.74, 6) is -2.36. The van der Waals surface area contributed by atoms with Gasteiger partial charge in [-0.3, -0.25) is 24.3 Å². The number of ether oxygens (including phenoxy) is 2. The Hall–Kier alpha value is -4.96. The summed E-state index contributed by atoms with van der Waals surface area (Å²) < 4.78 is 42.2. The topological polar surface area (TPSA) is 181 Å². The fourth-order valence-corrected chi connectivity index (χ4v) is 7.91. The van der Waals surface area contributed by atoms with Crippen molar-refractivity contribution in [3.63, 3.8) is 0 Å². The molecule has 3 aromatic rings. The number of amides is 4. The van der Waals surface area contributed by atoms with E-state index in [9.17, 15) is 27.6 Å². The van der Waals surface area contributed by atoms with Gasteiger partial charge in [0.1, 0.15) is 29.8 Å². The molecule has 3 aliphatic rings. The van der Waals surface area contributed by atoms with Gasteiger partial charge in [-0.05, 0) is 57.2 Å². The summed E-state index contributed by atoms with van der Waals surface area (Å²) in [6.07, 6.45) is 6.96. The number of nitrogens with one attached hydrogen (secondary N) is 3. The summed E-state index contributed by atoms with van der Waals surface area (Å²) in [6.45, 7) is 6.00. The van der Waals surface area contributed by atoms with Gasteiger partial charge in [0.2, 0.25) is 11.8 Å². The molecule has 1 aromatic heterocycles. The molecule has 55 heavy (non-hydrogen) atoms. The van der Waals surface area contributed by atoms with Crippen molar-refractivity contribution in [2.75, 3.05) is 26.0 Å². The molecule has 16 heteroatoms. The van der Waals surface area contributed by atoms with E-state index in [4.69, 9.17) is 14.5 Å². The van der Waals surface area contributed by atoms with Crippen LogP contribution in [0.5, 0.6) is 6.01 Å². The highest BCUT2D eigenvalue weighted by atomic mass is 32.2. The predicted octanol–water partition coefficient (Wildman–Crippen LogP) is 4.67. The molecule has 0 bridgehead atoms. The van der Waals surface area contributed by atoms with Crippen molar-refractivity contribution >= 4 is 50.7 Å². The van der Waals surface area contributed by atoms with Crippen molar-refractivity contribution in [1.82, 2.24) is 28.8 Å². The summed E-state index contributed by atoms with van der Waals surface area (Å²) in [4.78, 5) is 61.0. The van der Waals surface area contributed by atoms with Crippen LogP contribution < -0.4 is 20.1 Å². The Bertz CT molecular complexity index is 2050. The van der Waals surface area contributed by atoms with Crippen molar-refractivity contribution in [1.29, 1.82) is 0 Å². The van der Waals surface area contributed by atoms with E-state index >= 15 is 0 Å². The van der Waals surface area contributed by atoms with E-state index in [1.165, 1.54) is 19.0 Å². The molecular formula is C39H51N7O8S. The monoisotopic (exact) mass is 777 g/mol. The van der Waals surface area contributed by atoms with E-state index in [0.29, 0.717) is 23.1 Å². The third-order valence-electron chi connectivity index (χ3n) is 10.5. The third-order valence-corrected chi connectivity index (χ3v) is 11.9. The molecule has 4 amide bonds. The molecular weight excluding hydrogens is 727 g/mol. The van der Waals surface area contributed by atoms with E-state index in [1.807, 2.05) is 73.9 Å². The van der Waals surface area contributed by atoms with Gasteiger partial charge in [-0.2, -0.15) is 17.7 Å². The summed E-state index contributed by atoms with van der Waals surface area (Å²) in [5.41, 5.74) is 0.962. The van der Waals surface area contributed by atoms with E-state index in [1.54, 1.807) is 12.1 Å². The van der Waals surface area contributed by atoms with E-state index in [-0.39, 0.29) is 49.9 Å². The van der Waals surface area contributed by atoms with Gasteiger partial charge in [0.05, 0.1) is 17.7 Å². The van der Waals surface area contributed by atoms with Crippen LogP contribution in [0.2, 0.25) is 0 Å².